The molecular formula is C34H27F3N2. The van der Waals surface area contributed by atoms with Crippen molar-refractivity contribution in [2.45, 2.75) is 38.3 Å². The number of fused-ring (bicyclic) bond motifs is 6. The second kappa shape index (κ2) is 10.1. The lowest BCUT2D eigenvalue weighted by atomic mass is 9.80. The van der Waals surface area contributed by atoms with Crippen LogP contribution in [-0.4, -0.2) is 9.97 Å². The zero-order valence-corrected chi connectivity index (χ0v) is 21.5. The van der Waals surface area contributed by atoms with Crippen molar-refractivity contribution in [1.82, 2.24) is 9.97 Å². The molecule has 0 N–H and O–H groups in total. The molecule has 6 aromatic rings. The van der Waals surface area contributed by atoms with Gasteiger partial charge in [-0.3, -0.25) is 0 Å². The number of benzene rings is 4. The van der Waals surface area contributed by atoms with Crippen LogP contribution >= 0.6 is 0 Å². The van der Waals surface area contributed by atoms with Crippen molar-refractivity contribution in [3.05, 3.63) is 120 Å². The summed E-state index contributed by atoms with van der Waals surface area (Å²) >= 11 is 0. The summed E-state index contributed by atoms with van der Waals surface area (Å²) in [6.07, 6.45) is 2.67. The van der Waals surface area contributed by atoms with Crippen molar-refractivity contribution in [2.24, 2.45) is 0 Å². The Bertz CT molecular complexity index is 1740. The maximum atomic E-state index is 13.2. The third-order valence-electron chi connectivity index (χ3n) is 7.68. The number of pyridine rings is 2. The Morgan fingerprint density at radius 2 is 1.41 bits per heavy atom. The first-order valence-corrected chi connectivity index (χ1v) is 13.2. The Morgan fingerprint density at radius 1 is 0.718 bits per heavy atom. The van der Waals surface area contributed by atoms with Gasteiger partial charge in [0.2, 0.25) is 0 Å². The molecule has 0 aliphatic heterocycles. The van der Waals surface area contributed by atoms with E-state index in [2.05, 4.69) is 47.2 Å². The predicted octanol–water partition coefficient (Wildman–Crippen LogP) is 9.75. The summed E-state index contributed by atoms with van der Waals surface area (Å²) in [4.78, 5) is 8.14. The summed E-state index contributed by atoms with van der Waals surface area (Å²) in [5.74, 6) is 0.579. The first-order valence-electron chi connectivity index (χ1n) is 13.2. The number of alkyl halides is 3. The Hall–Kier alpha value is -4.25. The van der Waals surface area contributed by atoms with Crippen molar-refractivity contribution in [3.8, 4) is 11.1 Å². The molecule has 39 heavy (non-hydrogen) atoms. The lowest BCUT2D eigenvalue weighted by Crippen LogP contribution is -2.07. The van der Waals surface area contributed by atoms with E-state index >= 15 is 0 Å². The van der Waals surface area contributed by atoms with Gasteiger partial charge in [0, 0.05) is 17.8 Å². The molecule has 4 aromatic carbocycles. The zero-order valence-electron chi connectivity index (χ0n) is 21.5. The molecule has 0 fully saturated rings. The number of aryl methyl sites for hydroxylation is 1. The molecule has 194 valence electrons. The molecular weight excluding hydrogens is 493 g/mol. The van der Waals surface area contributed by atoms with Crippen LogP contribution in [0.4, 0.5) is 13.2 Å². The largest absolute Gasteiger partial charge is 0.416 e. The fraction of sp³-hybridized carbons (Fsp3) is 0.176. The van der Waals surface area contributed by atoms with Gasteiger partial charge in [0.15, 0.2) is 5.65 Å². The number of hydrogen-bond acceptors (Lipinski definition) is 2. The van der Waals surface area contributed by atoms with E-state index in [0.717, 1.165) is 39.9 Å². The van der Waals surface area contributed by atoms with E-state index in [1.807, 2.05) is 36.4 Å². The van der Waals surface area contributed by atoms with Crippen LogP contribution in [0.15, 0.2) is 103 Å². The van der Waals surface area contributed by atoms with E-state index in [9.17, 15) is 13.2 Å². The molecule has 0 bridgehead atoms. The molecule has 0 saturated heterocycles. The highest BCUT2D eigenvalue weighted by Gasteiger charge is 2.30. The van der Waals surface area contributed by atoms with Crippen LogP contribution in [0.3, 0.4) is 0 Å². The Balaban J connectivity index is 0.000000231. The van der Waals surface area contributed by atoms with E-state index in [1.165, 1.54) is 46.9 Å². The number of nitrogens with zero attached hydrogens (tertiary/aromatic N) is 2. The van der Waals surface area contributed by atoms with Gasteiger partial charge in [-0.15, -0.1) is 0 Å². The maximum Gasteiger partial charge on any atom is 0.416 e. The molecule has 0 spiro atoms. The molecule has 0 amide bonds. The van der Waals surface area contributed by atoms with Crippen LogP contribution in [-0.2, 0) is 12.6 Å². The number of halogens is 3. The first-order chi connectivity index (χ1) is 18.9. The summed E-state index contributed by atoms with van der Waals surface area (Å²) in [5.41, 5.74) is 4.50. The molecule has 2 aromatic heterocycles. The van der Waals surface area contributed by atoms with E-state index in [1.54, 1.807) is 18.5 Å². The average Bonchev–Trinajstić information content (AvgIpc) is 2.97. The average molecular weight is 521 g/mol. The highest BCUT2D eigenvalue weighted by atomic mass is 19.4. The third kappa shape index (κ3) is 4.85. The minimum absolute atomic E-state index is 0.579. The van der Waals surface area contributed by atoms with Crippen LogP contribution in [0.1, 0.15) is 42.4 Å². The van der Waals surface area contributed by atoms with Gasteiger partial charge in [0.05, 0.1) is 5.56 Å². The Kier molecular flexibility index (Phi) is 6.51. The van der Waals surface area contributed by atoms with Gasteiger partial charge in [0.1, 0.15) is 0 Å². The predicted molar refractivity (Wildman–Crippen MR) is 153 cm³/mol. The van der Waals surface area contributed by atoms with Gasteiger partial charge in [0.25, 0.3) is 0 Å². The monoisotopic (exact) mass is 520 g/mol. The van der Waals surface area contributed by atoms with Crippen molar-refractivity contribution in [3.63, 3.8) is 0 Å². The normalized spacial score (nSPS) is 15.1. The van der Waals surface area contributed by atoms with E-state index in [-0.39, 0.29) is 0 Å². The summed E-state index contributed by atoms with van der Waals surface area (Å²) in [6, 6.07) is 28.0. The lowest BCUT2D eigenvalue weighted by molar-refractivity contribution is -0.137. The highest BCUT2D eigenvalue weighted by Crippen LogP contribution is 2.40. The van der Waals surface area contributed by atoms with Crippen molar-refractivity contribution < 1.29 is 13.2 Å². The molecule has 5 heteroatoms. The summed E-state index contributed by atoms with van der Waals surface area (Å²) in [7, 11) is 0. The van der Waals surface area contributed by atoms with Gasteiger partial charge < -0.3 is 0 Å². The Labute approximate surface area is 225 Å². The van der Waals surface area contributed by atoms with Gasteiger partial charge in [-0.2, -0.15) is 13.2 Å². The second-order valence-electron chi connectivity index (χ2n) is 10.1. The Morgan fingerprint density at radius 3 is 2.15 bits per heavy atom. The zero-order chi connectivity index (χ0) is 27.0. The van der Waals surface area contributed by atoms with Crippen LogP contribution in [0.2, 0.25) is 0 Å². The fourth-order valence-electron chi connectivity index (χ4n) is 5.76. The van der Waals surface area contributed by atoms with Crippen LogP contribution in [0, 0.1) is 0 Å². The molecule has 1 atom stereocenters. The minimum atomic E-state index is -4.34. The van der Waals surface area contributed by atoms with Gasteiger partial charge >= 0.3 is 6.18 Å². The molecule has 2 nitrogen and oxygen atoms in total. The first kappa shape index (κ1) is 25.1. The van der Waals surface area contributed by atoms with Crippen LogP contribution < -0.4 is 0 Å². The van der Waals surface area contributed by atoms with E-state index in [4.69, 9.17) is 0 Å². The van der Waals surface area contributed by atoms with Crippen LogP contribution in [0.25, 0.3) is 43.7 Å². The van der Waals surface area contributed by atoms with E-state index in [0.29, 0.717) is 11.5 Å². The molecule has 0 saturated carbocycles. The number of hydrogen-bond donors (Lipinski definition) is 0. The molecule has 1 unspecified atom stereocenters. The molecule has 1 aliphatic carbocycles. The van der Waals surface area contributed by atoms with Crippen molar-refractivity contribution in [2.75, 3.05) is 0 Å². The SMILES string of the molecule is CC1CCCc2c1ccc1c2ccc2c(-c3cccc(C(F)(F)F)c3)cccc21.c1cnc2ncccc2c1. The van der Waals surface area contributed by atoms with Gasteiger partial charge in [-0.1, -0.05) is 61.5 Å². The van der Waals surface area contributed by atoms with E-state index < -0.39 is 11.7 Å². The highest BCUT2D eigenvalue weighted by molar-refractivity contribution is 6.13. The smallest absolute Gasteiger partial charge is 0.237 e. The fourth-order valence-corrected chi connectivity index (χ4v) is 5.76. The van der Waals surface area contributed by atoms with Crippen molar-refractivity contribution in [1.29, 1.82) is 0 Å². The molecule has 7 rings (SSSR count). The lowest BCUT2D eigenvalue weighted by Gasteiger charge is -2.24. The molecule has 2 heterocycles. The third-order valence-corrected chi connectivity index (χ3v) is 7.68. The van der Waals surface area contributed by atoms with Gasteiger partial charge in [-0.05, 0) is 105 Å². The molecule has 1 aliphatic rings. The quantitative estimate of drug-likeness (QED) is 0.202. The standard InChI is InChI=1S/C26H21F3.C8H6N2/c1-16-5-2-9-21-19(16)11-12-25-22-10-4-8-20(23(22)13-14-24(21)25)17-6-3-7-18(15-17)26(27,28)29;1-3-7-4-2-6-10-8(7)9-5-1/h3-4,6-8,10-16H,2,5,9H2,1H3;1-6H. The topological polar surface area (TPSA) is 25.8 Å². The number of aromatic nitrogens is 2. The molecule has 0 radical (unpaired) electrons. The minimum Gasteiger partial charge on any atom is -0.237 e. The van der Waals surface area contributed by atoms with Gasteiger partial charge in [-0.25, -0.2) is 9.97 Å². The summed E-state index contributed by atoms with van der Waals surface area (Å²) in [5, 5.41) is 5.64. The summed E-state index contributed by atoms with van der Waals surface area (Å²) in [6.45, 7) is 2.29. The second-order valence-corrected chi connectivity index (χ2v) is 10.1. The number of rotatable bonds is 1. The van der Waals surface area contributed by atoms with Crippen molar-refractivity contribution >= 4 is 32.6 Å². The van der Waals surface area contributed by atoms with Crippen LogP contribution in [0.5, 0.6) is 0 Å². The summed E-state index contributed by atoms with van der Waals surface area (Å²) < 4.78 is 39.6. The maximum absolute atomic E-state index is 13.2.